The van der Waals surface area contributed by atoms with Crippen molar-refractivity contribution in [1.82, 2.24) is 0 Å². The Hall–Kier alpha value is -0.0300. The Labute approximate surface area is 149 Å². The molecule has 2 rings (SSSR count). The van der Waals surface area contributed by atoms with E-state index in [4.69, 9.17) is 16.3 Å². The fourth-order valence-corrected chi connectivity index (χ4v) is 4.51. The quantitative estimate of drug-likeness (QED) is 0.444. The smallest absolute Gasteiger partial charge is 0.137 e. The summed E-state index contributed by atoms with van der Waals surface area (Å²) >= 11 is 17.0. The van der Waals surface area contributed by atoms with Crippen LogP contribution in [0.4, 0.5) is 0 Å². The molecule has 1 atom stereocenters. The second-order valence-electron chi connectivity index (χ2n) is 4.40. The lowest BCUT2D eigenvalue weighted by atomic mass is 10.0. The van der Waals surface area contributed by atoms with Crippen molar-refractivity contribution < 1.29 is 4.74 Å². The average molecular weight is 483 g/mol. The fraction of sp³-hybridized carbons (Fsp3) is 0.200. The van der Waals surface area contributed by atoms with E-state index >= 15 is 0 Å². The summed E-state index contributed by atoms with van der Waals surface area (Å²) in [5.74, 6) is 0.782. The van der Waals surface area contributed by atoms with Gasteiger partial charge < -0.3 is 4.74 Å². The van der Waals surface area contributed by atoms with E-state index in [1.165, 1.54) is 5.56 Å². The Morgan fingerprint density at radius 3 is 2.40 bits per heavy atom. The van der Waals surface area contributed by atoms with Crippen LogP contribution in [0.2, 0.25) is 5.02 Å². The molecule has 2 aromatic rings. The Balaban J connectivity index is 2.58. The number of hydrogen-bond donors (Lipinski definition) is 0. The highest BCUT2D eigenvalue weighted by Crippen LogP contribution is 2.44. The van der Waals surface area contributed by atoms with E-state index in [2.05, 4.69) is 66.8 Å². The minimum atomic E-state index is -0.0123. The van der Waals surface area contributed by atoms with Crippen molar-refractivity contribution in [3.05, 3.63) is 61.0 Å². The average Bonchev–Trinajstić information content (AvgIpc) is 2.40. The summed E-state index contributed by atoms with van der Waals surface area (Å²) in [4.78, 5) is -0.0123. The van der Waals surface area contributed by atoms with Gasteiger partial charge in [-0.1, -0.05) is 61.2 Å². The van der Waals surface area contributed by atoms with Crippen molar-refractivity contribution in [3.8, 4) is 5.75 Å². The van der Waals surface area contributed by atoms with Crippen LogP contribution in [0, 0.1) is 6.92 Å². The molecular formula is C15H12Br3ClO. The molecule has 0 aliphatic heterocycles. The van der Waals surface area contributed by atoms with Gasteiger partial charge in [-0.05, 0) is 46.6 Å². The lowest BCUT2D eigenvalue weighted by Gasteiger charge is -2.18. The van der Waals surface area contributed by atoms with Gasteiger partial charge in [0.1, 0.15) is 5.75 Å². The summed E-state index contributed by atoms with van der Waals surface area (Å²) in [6.07, 6.45) is 0. The lowest BCUT2D eigenvalue weighted by molar-refractivity contribution is 0.408. The minimum absolute atomic E-state index is 0.0123. The molecule has 0 bridgehead atoms. The molecule has 0 fully saturated rings. The van der Waals surface area contributed by atoms with E-state index in [9.17, 15) is 0 Å². The maximum Gasteiger partial charge on any atom is 0.137 e. The highest BCUT2D eigenvalue weighted by Gasteiger charge is 2.20. The van der Waals surface area contributed by atoms with Crippen LogP contribution in [-0.2, 0) is 0 Å². The van der Waals surface area contributed by atoms with E-state index in [0.717, 1.165) is 25.8 Å². The number of alkyl halides is 1. The zero-order chi connectivity index (χ0) is 14.9. The third-order valence-corrected chi connectivity index (χ3v) is 5.45. The van der Waals surface area contributed by atoms with Gasteiger partial charge in [-0.2, -0.15) is 0 Å². The van der Waals surface area contributed by atoms with Crippen molar-refractivity contribution in [2.75, 3.05) is 7.11 Å². The maximum atomic E-state index is 6.16. The first kappa shape index (κ1) is 16.3. The van der Waals surface area contributed by atoms with Gasteiger partial charge in [0.25, 0.3) is 0 Å². The van der Waals surface area contributed by atoms with E-state index in [1.54, 1.807) is 7.11 Å². The molecule has 0 heterocycles. The molecule has 1 unspecified atom stereocenters. The SMILES string of the molecule is COc1c(Br)cc(Cl)cc1C(Br)c1cc(C)ccc1Br. The molecule has 0 saturated carbocycles. The Kier molecular flexibility index (Phi) is 5.57. The Bertz CT molecular complexity index is 643. The molecule has 106 valence electrons. The van der Waals surface area contributed by atoms with Crippen LogP contribution in [0.1, 0.15) is 21.5 Å². The number of aryl methyl sites for hydroxylation is 1. The lowest BCUT2D eigenvalue weighted by Crippen LogP contribution is -1.99. The summed E-state index contributed by atoms with van der Waals surface area (Å²) in [6.45, 7) is 2.07. The first-order valence-corrected chi connectivity index (χ1v) is 8.75. The third kappa shape index (κ3) is 3.41. The molecule has 0 spiro atoms. The Morgan fingerprint density at radius 1 is 1.05 bits per heavy atom. The molecule has 0 radical (unpaired) electrons. The van der Waals surface area contributed by atoms with Gasteiger partial charge in [0.05, 0.1) is 16.4 Å². The van der Waals surface area contributed by atoms with Crippen LogP contribution in [0.5, 0.6) is 5.75 Å². The summed E-state index contributed by atoms with van der Waals surface area (Å²) in [5.41, 5.74) is 3.32. The molecule has 5 heteroatoms. The van der Waals surface area contributed by atoms with Gasteiger partial charge in [-0.3, -0.25) is 0 Å². The second-order valence-corrected chi connectivity index (χ2v) is 7.46. The van der Waals surface area contributed by atoms with Crippen molar-refractivity contribution in [2.45, 2.75) is 11.8 Å². The highest BCUT2D eigenvalue weighted by atomic mass is 79.9. The van der Waals surface area contributed by atoms with E-state index in [-0.39, 0.29) is 4.83 Å². The first-order chi connectivity index (χ1) is 9.43. The zero-order valence-electron chi connectivity index (χ0n) is 10.9. The summed E-state index contributed by atoms with van der Waals surface area (Å²) in [7, 11) is 1.66. The number of ether oxygens (including phenoxy) is 1. The first-order valence-electron chi connectivity index (χ1n) is 5.87. The molecule has 20 heavy (non-hydrogen) atoms. The molecule has 0 saturated heterocycles. The van der Waals surface area contributed by atoms with E-state index in [1.807, 2.05) is 18.2 Å². The van der Waals surface area contributed by atoms with Gasteiger partial charge in [0.2, 0.25) is 0 Å². The number of methoxy groups -OCH3 is 1. The number of benzene rings is 2. The van der Waals surface area contributed by atoms with Gasteiger partial charge in [-0.15, -0.1) is 0 Å². The largest absolute Gasteiger partial charge is 0.495 e. The monoisotopic (exact) mass is 480 g/mol. The number of rotatable bonds is 3. The highest BCUT2D eigenvalue weighted by molar-refractivity contribution is 9.11. The van der Waals surface area contributed by atoms with Crippen LogP contribution in [-0.4, -0.2) is 7.11 Å². The summed E-state index contributed by atoms with van der Waals surface area (Å²) < 4.78 is 7.38. The topological polar surface area (TPSA) is 9.23 Å². The van der Waals surface area contributed by atoms with Crippen LogP contribution in [0.25, 0.3) is 0 Å². The van der Waals surface area contributed by atoms with Gasteiger partial charge in [0.15, 0.2) is 0 Å². The van der Waals surface area contributed by atoms with Gasteiger partial charge in [-0.25, -0.2) is 0 Å². The van der Waals surface area contributed by atoms with Crippen LogP contribution >= 0.6 is 59.4 Å². The second kappa shape index (κ2) is 6.82. The van der Waals surface area contributed by atoms with Crippen LogP contribution < -0.4 is 4.74 Å². The van der Waals surface area contributed by atoms with Gasteiger partial charge in [0, 0.05) is 15.1 Å². The standard InChI is InChI=1S/C15H12Br3ClO/c1-8-3-4-12(16)10(5-8)14(18)11-6-9(19)7-13(17)15(11)20-2/h3-7,14H,1-2H3. The number of halogens is 4. The van der Waals surface area contributed by atoms with Crippen LogP contribution in [0.3, 0.4) is 0 Å². The molecular weight excluding hydrogens is 471 g/mol. The normalized spacial score (nSPS) is 12.3. The predicted octanol–water partition coefficient (Wildman–Crippen LogP) is 6.67. The van der Waals surface area contributed by atoms with Gasteiger partial charge >= 0.3 is 0 Å². The van der Waals surface area contributed by atoms with Crippen molar-refractivity contribution in [1.29, 1.82) is 0 Å². The van der Waals surface area contributed by atoms with Crippen LogP contribution in [0.15, 0.2) is 39.3 Å². The molecule has 0 aliphatic carbocycles. The zero-order valence-corrected chi connectivity index (χ0v) is 16.4. The predicted molar refractivity (Wildman–Crippen MR) is 95.4 cm³/mol. The molecule has 0 aliphatic rings. The number of hydrogen-bond acceptors (Lipinski definition) is 1. The molecule has 1 nitrogen and oxygen atoms in total. The Morgan fingerprint density at radius 2 is 1.75 bits per heavy atom. The van der Waals surface area contributed by atoms with Crippen molar-refractivity contribution >= 4 is 59.4 Å². The summed E-state index contributed by atoms with van der Waals surface area (Å²) in [6, 6.07) is 10.00. The summed E-state index contributed by atoms with van der Waals surface area (Å²) in [5, 5.41) is 0.668. The molecule has 0 N–H and O–H groups in total. The van der Waals surface area contributed by atoms with E-state index < -0.39 is 0 Å². The minimum Gasteiger partial charge on any atom is -0.495 e. The third-order valence-electron chi connectivity index (χ3n) is 2.94. The van der Waals surface area contributed by atoms with Crippen molar-refractivity contribution in [2.24, 2.45) is 0 Å². The maximum absolute atomic E-state index is 6.16. The molecule has 0 amide bonds. The van der Waals surface area contributed by atoms with E-state index in [0.29, 0.717) is 5.02 Å². The fourth-order valence-electron chi connectivity index (χ4n) is 2.01. The molecule has 2 aromatic carbocycles. The van der Waals surface area contributed by atoms with Crippen molar-refractivity contribution in [3.63, 3.8) is 0 Å². The molecule has 0 aromatic heterocycles.